The highest BCUT2D eigenvalue weighted by molar-refractivity contribution is 5.42. The Morgan fingerprint density at radius 2 is 1.60 bits per heavy atom. The molecule has 0 radical (unpaired) electrons. The van der Waals surface area contributed by atoms with E-state index in [0.717, 1.165) is 6.07 Å². The fourth-order valence-electron chi connectivity index (χ4n) is 1.93. The van der Waals surface area contributed by atoms with Crippen LogP contribution in [-0.2, 0) is 0 Å². The SMILES string of the molecule is COc1cccc(F)c1C(N)c1cc(F)c(F)cc1F. The third-order valence-corrected chi connectivity index (χ3v) is 2.92. The van der Waals surface area contributed by atoms with Gasteiger partial charge in [-0.2, -0.15) is 0 Å². The van der Waals surface area contributed by atoms with Gasteiger partial charge in [-0.25, -0.2) is 17.6 Å². The Morgan fingerprint density at radius 1 is 0.950 bits per heavy atom. The van der Waals surface area contributed by atoms with E-state index in [1.807, 2.05) is 0 Å². The highest BCUT2D eigenvalue weighted by atomic mass is 19.2. The number of hydrogen-bond donors (Lipinski definition) is 1. The van der Waals surface area contributed by atoms with Crippen molar-refractivity contribution >= 4 is 0 Å². The third-order valence-electron chi connectivity index (χ3n) is 2.92. The smallest absolute Gasteiger partial charge is 0.161 e. The highest BCUT2D eigenvalue weighted by Crippen LogP contribution is 2.32. The molecular formula is C14H11F4NO. The van der Waals surface area contributed by atoms with Crippen LogP contribution in [0.2, 0.25) is 0 Å². The molecule has 0 fully saturated rings. The quantitative estimate of drug-likeness (QED) is 0.693. The number of halogens is 4. The summed E-state index contributed by atoms with van der Waals surface area (Å²) in [4.78, 5) is 0. The van der Waals surface area contributed by atoms with Gasteiger partial charge in [0.15, 0.2) is 11.6 Å². The zero-order chi connectivity index (χ0) is 14.9. The van der Waals surface area contributed by atoms with E-state index in [9.17, 15) is 17.6 Å². The monoisotopic (exact) mass is 285 g/mol. The molecule has 2 nitrogen and oxygen atoms in total. The summed E-state index contributed by atoms with van der Waals surface area (Å²) in [5.74, 6) is -4.27. The van der Waals surface area contributed by atoms with Crippen LogP contribution in [0.15, 0.2) is 30.3 Å². The van der Waals surface area contributed by atoms with Crippen molar-refractivity contribution in [1.29, 1.82) is 0 Å². The van der Waals surface area contributed by atoms with E-state index in [4.69, 9.17) is 10.5 Å². The van der Waals surface area contributed by atoms with Crippen molar-refractivity contribution in [2.24, 2.45) is 5.73 Å². The van der Waals surface area contributed by atoms with Gasteiger partial charge in [-0.1, -0.05) is 6.07 Å². The molecule has 106 valence electrons. The average molecular weight is 285 g/mol. The van der Waals surface area contributed by atoms with Gasteiger partial charge in [-0.15, -0.1) is 0 Å². The number of methoxy groups -OCH3 is 1. The molecule has 0 aliphatic heterocycles. The van der Waals surface area contributed by atoms with Crippen LogP contribution in [-0.4, -0.2) is 7.11 Å². The number of ether oxygens (including phenoxy) is 1. The molecule has 2 N–H and O–H groups in total. The van der Waals surface area contributed by atoms with Crippen molar-refractivity contribution < 1.29 is 22.3 Å². The van der Waals surface area contributed by atoms with Gasteiger partial charge in [0.05, 0.1) is 18.7 Å². The second kappa shape index (κ2) is 5.50. The minimum atomic E-state index is -1.33. The number of nitrogens with two attached hydrogens (primary N) is 1. The standard InChI is InChI=1S/C14H11F4NO/c1-20-12-4-2-3-8(15)13(12)14(19)7-5-10(17)11(18)6-9(7)16/h2-6,14H,19H2,1H3. The first kappa shape index (κ1) is 14.3. The Labute approximate surface area is 112 Å². The second-order valence-corrected chi connectivity index (χ2v) is 4.12. The maximum absolute atomic E-state index is 13.8. The Balaban J connectivity index is 2.57. The normalized spacial score (nSPS) is 12.3. The van der Waals surface area contributed by atoms with E-state index < -0.39 is 29.3 Å². The van der Waals surface area contributed by atoms with Crippen LogP contribution in [0.25, 0.3) is 0 Å². The molecule has 20 heavy (non-hydrogen) atoms. The van der Waals surface area contributed by atoms with E-state index in [-0.39, 0.29) is 16.9 Å². The Morgan fingerprint density at radius 3 is 2.25 bits per heavy atom. The molecule has 0 saturated heterocycles. The average Bonchev–Trinajstić information content (AvgIpc) is 2.41. The molecule has 1 unspecified atom stereocenters. The summed E-state index contributed by atoms with van der Waals surface area (Å²) in [5.41, 5.74) is 5.28. The first-order valence-electron chi connectivity index (χ1n) is 5.68. The summed E-state index contributed by atoms with van der Waals surface area (Å²) < 4.78 is 58.6. The highest BCUT2D eigenvalue weighted by Gasteiger charge is 2.23. The maximum atomic E-state index is 13.8. The summed E-state index contributed by atoms with van der Waals surface area (Å²) in [6.45, 7) is 0. The van der Waals surface area contributed by atoms with Crippen molar-refractivity contribution in [1.82, 2.24) is 0 Å². The molecule has 0 aliphatic rings. The minimum absolute atomic E-state index is 0.0987. The number of rotatable bonds is 3. The molecule has 1 atom stereocenters. The second-order valence-electron chi connectivity index (χ2n) is 4.12. The molecule has 0 saturated carbocycles. The van der Waals surface area contributed by atoms with Crippen LogP contribution in [0.4, 0.5) is 17.6 Å². The van der Waals surface area contributed by atoms with Gasteiger partial charge < -0.3 is 10.5 Å². The van der Waals surface area contributed by atoms with Crippen molar-refractivity contribution in [2.75, 3.05) is 7.11 Å². The van der Waals surface area contributed by atoms with Gasteiger partial charge in [0, 0.05) is 11.6 Å². The fourth-order valence-corrected chi connectivity index (χ4v) is 1.93. The largest absolute Gasteiger partial charge is 0.496 e. The maximum Gasteiger partial charge on any atom is 0.161 e. The van der Waals surface area contributed by atoms with E-state index in [1.54, 1.807) is 0 Å². The lowest BCUT2D eigenvalue weighted by atomic mass is 9.97. The summed E-state index contributed by atoms with van der Waals surface area (Å²) in [6, 6.07) is 3.62. The molecule has 0 aromatic heterocycles. The van der Waals surface area contributed by atoms with Crippen LogP contribution in [0.3, 0.4) is 0 Å². The Bertz CT molecular complexity index is 645. The van der Waals surface area contributed by atoms with Crippen LogP contribution < -0.4 is 10.5 Å². The third kappa shape index (κ3) is 2.46. The predicted octanol–water partition coefficient (Wildman–Crippen LogP) is 3.30. The van der Waals surface area contributed by atoms with Gasteiger partial charge in [-0.3, -0.25) is 0 Å². The van der Waals surface area contributed by atoms with Crippen molar-refractivity contribution in [3.63, 3.8) is 0 Å². The van der Waals surface area contributed by atoms with E-state index >= 15 is 0 Å². The number of benzene rings is 2. The molecule has 0 amide bonds. The van der Waals surface area contributed by atoms with Gasteiger partial charge in [0.25, 0.3) is 0 Å². The molecule has 6 heteroatoms. The van der Waals surface area contributed by atoms with Gasteiger partial charge in [0.2, 0.25) is 0 Å². The van der Waals surface area contributed by atoms with Crippen molar-refractivity contribution in [3.8, 4) is 5.75 Å². The fraction of sp³-hybridized carbons (Fsp3) is 0.143. The molecular weight excluding hydrogens is 274 g/mol. The molecule has 0 aliphatic carbocycles. The van der Waals surface area contributed by atoms with Gasteiger partial charge in [-0.05, 0) is 18.2 Å². The van der Waals surface area contributed by atoms with Crippen molar-refractivity contribution in [2.45, 2.75) is 6.04 Å². The zero-order valence-corrected chi connectivity index (χ0v) is 10.5. The Kier molecular flexibility index (Phi) is 3.94. The van der Waals surface area contributed by atoms with E-state index in [2.05, 4.69) is 0 Å². The Hall–Kier alpha value is -2.08. The summed E-state index contributed by atoms with van der Waals surface area (Å²) in [5, 5.41) is 0. The van der Waals surface area contributed by atoms with Crippen LogP contribution in [0.5, 0.6) is 5.75 Å². The van der Waals surface area contributed by atoms with E-state index in [1.165, 1.54) is 19.2 Å². The molecule has 0 spiro atoms. The molecule has 0 bridgehead atoms. The minimum Gasteiger partial charge on any atom is -0.496 e. The lowest BCUT2D eigenvalue weighted by Gasteiger charge is -2.17. The lowest BCUT2D eigenvalue weighted by Crippen LogP contribution is -2.17. The van der Waals surface area contributed by atoms with Gasteiger partial charge in [0.1, 0.15) is 17.4 Å². The van der Waals surface area contributed by atoms with E-state index in [0.29, 0.717) is 12.1 Å². The molecule has 2 aromatic rings. The first-order valence-corrected chi connectivity index (χ1v) is 5.68. The lowest BCUT2D eigenvalue weighted by molar-refractivity contribution is 0.401. The van der Waals surface area contributed by atoms with Gasteiger partial charge >= 0.3 is 0 Å². The summed E-state index contributed by atoms with van der Waals surface area (Å²) in [6.07, 6.45) is 0. The zero-order valence-electron chi connectivity index (χ0n) is 10.5. The first-order chi connectivity index (χ1) is 9.45. The van der Waals surface area contributed by atoms with Crippen LogP contribution >= 0.6 is 0 Å². The molecule has 2 rings (SSSR count). The van der Waals surface area contributed by atoms with Crippen LogP contribution in [0.1, 0.15) is 17.2 Å². The summed E-state index contributed by atoms with van der Waals surface area (Å²) >= 11 is 0. The summed E-state index contributed by atoms with van der Waals surface area (Å²) in [7, 11) is 1.30. The van der Waals surface area contributed by atoms with Crippen molar-refractivity contribution in [3.05, 3.63) is 64.7 Å². The molecule has 2 aromatic carbocycles. The predicted molar refractivity (Wildman–Crippen MR) is 65.3 cm³/mol. The number of hydrogen-bond acceptors (Lipinski definition) is 2. The topological polar surface area (TPSA) is 35.2 Å². The molecule has 0 heterocycles. The van der Waals surface area contributed by atoms with Crippen LogP contribution in [0, 0.1) is 23.3 Å².